The first kappa shape index (κ1) is 15.0. The van der Waals surface area contributed by atoms with Crippen LogP contribution in [0.4, 0.5) is 0 Å². The molecule has 1 fully saturated rings. The molecule has 1 heterocycles. The maximum Gasteiger partial charge on any atom is 0.252 e. The molecule has 0 unspecified atom stereocenters. The van der Waals surface area contributed by atoms with E-state index in [4.69, 9.17) is 0 Å². The Labute approximate surface area is 132 Å². The fraction of sp³-hybridized carbons (Fsp3) is 0.421. The van der Waals surface area contributed by atoms with Gasteiger partial charge in [0.1, 0.15) is 0 Å². The Morgan fingerprint density at radius 2 is 1.86 bits per heavy atom. The number of hydrogen-bond acceptors (Lipinski definition) is 2. The first-order valence-electron chi connectivity index (χ1n) is 8.29. The van der Waals surface area contributed by atoms with E-state index in [-0.39, 0.29) is 5.91 Å². The number of hydrogen-bond donors (Lipinski definition) is 1. The lowest BCUT2D eigenvalue weighted by Crippen LogP contribution is -2.44. The third kappa shape index (κ3) is 3.30. The van der Waals surface area contributed by atoms with Crippen molar-refractivity contribution in [3.05, 3.63) is 48.0 Å². The Balaban J connectivity index is 1.67. The van der Waals surface area contributed by atoms with E-state index < -0.39 is 0 Å². The number of nitrogens with zero attached hydrogens (tertiary/aromatic N) is 1. The van der Waals surface area contributed by atoms with E-state index in [0.29, 0.717) is 6.04 Å². The normalized spacial score (nSPS) is 16.8. The minimum atomic E-state index is 0.0609. The molecule has 1 aliphatic heterocycles. The second-order valence-electron chi connectivity index (χ2n) is 6.12. The van der Waals surface area contributed by atoms with Crippen LogP contribution in [-0.4, -0.2) is 36.5 Å². The maximum absolute atomic E-state index is 12.6. The number of carbonyl (C=O) groups is 1. The largest absolute Gasteiger partial charge is 0.349 e. The van der Waals surface area contributed by atoms with E-state index in [1.54, 1.807) is 0 Å². The molecule has 1 aliphatic rings. The molecule has 0 atom stereocenters. The molecule has 0 saturated carbocycles. The Kier molecular flexibility index (Phi) is 4.74. The zero-order chi connectivity index (χ0) is 15.4. The third-order valence-corrected chi connectivity index (χ3v) is 4.50. The summed E-state index contributed by atoms with van der Waals surface area (Å²) < 4.78 is 0. The lowest BCUT2D eigenvalue weighted by molar-refractivity contribution is 0.0913. The van der Waals surface area contributed by atoms with E-state index >= 15 is 0 Å². The predicted molar refractivity (Wildman–Crippen MR) is 91.2 cm³/mol. The Bertz CT molecular complexity index is 639. The Morgan fingerprint density at radius 3 is 2.64 bits per heavy atom. The molecule has 2 aromatic carbocycles. The molecule has 1 saturated heterocycles. The number of nitrogens with one attached hydrogen (secondary N) is 1. The van der Waals surface area contributed by atoms with E-state index in [0.717, 1.165) is 42.3 Å². The monoisotopic (exact) mass is 296 g/mol. The van der Waals surface area contributed by atoms with Crippen LogP contribution in [0.3, 0.4) is 0 Å². The molecule has 0 aliphatic carbocycles. The van der Waals surface area contributed by atoms with Gasteiger partial charge in [0.15, 0.2) is 0 Å². The molecule has 116 valence electrons. The summed E-state index contributed by atoms with van der Waals surface area (Å²) in [4.78, 5) is 15.1. The van der Waals surface area contributed by atoms with Crippen molar-refractivity contribution in [3.8, 4) is 0 Å². The molecule has 0 spiro atoms. The van der Waals surface area contributed by atoms with Gasteiger partial charge >= 0.3 is 0 Å². The van der Waals surface area contributed by atoms with Gasteiger partial charge in [-0.2, -0.15) is 0 Å². The molecule has 3 nitrogen and oxygen atoms in total. The summed E-state index contributed by atoms with van der Waals surface area (Å²) in [5, 5.41) is 5.38. The fourth-order valence-corrected chi connectivity index (χ4v) is 3.30. The van der Waals surface area contributed by atoms with Gasteiger partial charge in [-0.15, -0.1) is 0 Å². The van der Waals surface area contributed by atoms with Crippen molar-refractivity contribution in [1.82, 2.24) is 10.2 Å². The molecular weight excluding hydrogens is 272 g/mol. The summed E-state index contributed by atoms with van der Waals surface area (Å²) in [6.45, 7) is 5.57. The van der Waals surface area contributed by atoms with E-state index in [1.165, 1.54) is 13.0 Å². The van der Waals surface area contributed by atoms with Gasteiger partial charge in [0.25, 0.3) is 5.91 Å². The highest BCUT2D eigenvalue weighted by molar-refractivity contribution is 6.07. The standard InChI is InChI=1S/C19H24N2O/c1-2-12-21-13-10-16(11-14-21)20-19(22)18-9-5-7-15-6-3-4-8-17(15)18/h3-9,16H,2,10-14H2,1H3,(H,20,22). The molecule has 1 N–H and O–H groups in total. The molecule has 1 amide bonds. The van der Waals surface area contributed by atoms with Crippen molar-refractivity contribution < 1.29 is 4.79 Å². The van der Waals surface area contributed by atoms with Gasteiger partial charge in [0.05, 0.1) is 0 Å². The third-order valence-electron chi connectivity index (χ3n) is 4.50. The zero-order valence-electron chi connectivity index (χ0n) is 13.2. The number of likely N-dealkylation sites (tertiary alicyclic amines) is 1. The highest BCUT2D eigenvalue weighted by Gasteiger charge is 2.21. The average molecular weight is 296 g/mol. The van der Waals surface area contributed by atoms with Gasteiger partial charge in [0, 0.05) is 24.7 Å². The lowest BCUT2D eigenvalue weighted by atomic mass is 10.0. The SMILES string of the molecule is CCCN1CCC(NC(=O)c2cccc3ccccc23)CC1. The molecule has 0 aromatic heterocycles. The second kappa shape index (κ2) is 6.93. The van der Waals surface area contributed by atoms with Crippen LogP contribution in [0, 0.1) is 0 Å². The molecule has 22 heavy (non-hydrogen) atoms. The predicted octanol–water partition coefficient (Wildman–Crippen LogP) is 3.44. The van der Waals surface area contributed by atoms with Crippen LogP contribution in [0.25, 0.3) is 10.8 Å². The maximum atomic E-state index is 12.6. The van der Waals surface area contributed by atoms with Gasteiger partial charge in [-0.25, -0.2) is 0 Å². The molecule has 0 radical (unpaired) electrons. The van der Waals surface area contributed by atoms with E-state index in [1.807, 2.05) is 30.3 Å². The highest BCUT2D eigenvalue weighted by atomic mass is 16.1. The lowest BCUT2D eigenvalue weighted by Gasteiger charge is -2.32. The van der Waals surface area contributed by atoms with Crippen LogP contribution >= 0.6 is 0 Å². The van der Waals surface area contributed by atoms with Crippen LogP contribution in [0.5, 0.6) is 0 Å². The van der Waals surface area contributed by atoms with Gasteiger partial charge in [-0.1, -0.05) is 43.3 Å². The number of fused-ring (bicyclic) bond motifs is 1. The summed E-state index contributed by atoms with van der Waals surface area (Å²) in [6, 6.07) is 14.3. The summed E-state index contributed by atoms with van der Waals surface area (Å²) in [5.74, 6) is 0.0609. The first-order chi connectivity index (χ1) is 10.8. The number of benzene rings is 2. The minimum Gasteiger partial charge on any atom is -0.349 e. The van der Waals surface area contributed by atoms with Crippen molar-refractivity contribution in [2.45, 2.75) is 32.2 Å². The average Bonchev–Trinajstić information content (AvgIpc) is 2.56. The van der Waals surface area contributed by atoms with Gasteiger partial charge in [-0.3, -0.25) is 4.79 Å². The van der Waals surface area contributed by atoms with Crippen molar-refractivity contribution in [3.63, 3.8) is 0 Å². The summed E-state index contributed by atoms with van der Waals surface area (Å²) in [5.41, 5.74) is 0.786. The van der Waals surface area contributed by atoms with Gasteiger partial charge in [0.2, 0.25) is 0 Å². The minimum absolute atomic E-state index is 0.0609. The molecule has 3 heteroatoms. The van der Waals surface area contributed by atoms with Crippen molar-refractivity contribution >= 4 is 16.7 Å². The van der Waals surface area contributed by atoms with Crippen LogP contribution in [0.2, 0.25) is 0 Å². The smallest absolute Gasteiger partial charge is 0.252 e. The second-order valence-corrected chi connectivity index (χ2v) is 6.12. The highest BCUT2D eigenvalue weighted by Crippen LogP contribution is 2.19. The van der Waals surface area contributed by atoms with Crippen LogP contribution in [0.15, 0.2) is 42.5 Å². The van der Waals surface area contributed by atoms with Gasteiger partial charge in [-0.05, 0) is 42.6 Å². The number of amides is 1. The Morgan fingerprint density at radius 1 is 1.14 bits per heavy atom. The number of rotatable bonds is 4. The molecule has 0 bridgehead atoms. The van der Waals surface area contributed by atoms with Crippen LogP contribution in [0.1, 0.15) is 36.5 Å². The quantitative estimate of drug-likeness (QED) is 0.937. The van der Waals surface area contributed by atoms with Crippen molar-refractivity contribution in [1.29, 1.82) is 0 Å². The fourth-order valence-electron chi connectivity index (χ4n) is 3.30. The summed E-state index contributed by atoms with van der Waals surface area (Å²) in [6.07, 6.45) is 3.31. The molecule has 3 rings (SSSR count). The number of carbonyl (C=O) groups excluding carboxylic acids is 1. The van der Waals surface area contributed by atoms with Crippen molar-refractivity contribution in [2.75, 3.05) is 19.6 Å². The molecular formula is C19H24N2O. The Hall–Kier alpha value is -1.87. The van der Waals surface area contributed by atoms with Gasteiger partial charge < -0.3 is 10.2 Å². The summed E-state index contributed by atoms with van der Waals surface area (Å²) in [7, 11) is 0. The topological polar surface area (TPSA) is 32.3 Å². The number of piperidine rings is 1. The van der Waals surface area contributed by atoms with Crippen molar-refractivity contribution in [2.24, 2.45) is 0 Å². The van der Waals surface area contributed by atoms with Crippen LogP contribution < -0.4 is 5.32 Å². The molecule has 2 aromatic rings. The first-order valence-corrected chi connectivity index (χ1v) is 8.29. The summed E-state index contributed by atoms with van der Waals surface area (Å²) >= 11 is 0. The van der Waals surface area contributed by atoms with E-state index in [9.17, 15) is 4.79 Å². The van der Waals surface area contributed by atoms with Crippen LogP contribution in [-0.2, 0) is 0 Å². The zero-order valence-corrected chi connectivity index (χ0v) is 13.2. The van der Waals surface area contributed by atoms with E-state index in [2.05, 4.69) is 29.3 Å².